The van der Waals surface area contributed by atoms with Crippen molar-refractivity contribution in [3.8, 4) is 11.5 Å². The summed E-state index contributed by atoms with van der Waals surface area (Å²) in [6.07, 6.45) is 1.64. The van der Waals surface area contributed by atoms with Gasteiger partial charge in [-0.1, -0.05) is 54.6 Å². The largest absolute Gasteiger partial charge is 0.508 e. The van der Waals surface area contributed by atoms with Crippen LogP contribution >= 0.6 is 0 Å². The number of aliphatic hydroxyl groups is 1. The normalized spacial score (nSPS) is 15.6. The third kappa shape index (κ3) is 16.5. The van der Waals surface area contributed by atoms with Crippen molar-refractivity contribution in [2.24, 2.45) is 11.5 Å². The average molecular weight is 902 g/mol. The number of nitrogens with two attached hydrogens (primary N) is 2. The molecule has 0 radical (unpaired) electrons. The standard InChI is InChI=1S/C45H59N9O11/c1-27(56)48-20-6-5-10-34(51-41(61)33(46)22-29-12-16-31(57)17-13-29)43(63)52-35(23-28-8-3-2-4-9-28)42(62)49-25-39(59)50-36(24-30-14-18-32(58)19-15-30)45(65)54-21-7-11-38(54)44(64)53-37(26-55)40(47)60/h2-4,8-9,12-19,33-38,55,57-58H,5-7,10-11,20-26,46H2,1H3,(H2,47,60)(H,48,56)(H,49,62)(H,50,59)(H,51,61)(H,52,63)(H,53,64)/t33-,34+,35-,36-,37-,38-/m0/s1. The number of hydrogen-bond donors (Lipinski definition) is 11. The lowest BCUT2D eigenvalue weighted by atomic mass is 10.0. The fourth-order valence-corrected chi connectivity index (χ4v) is 7.18. The van der Waals surface area contributed by atoms with E-state index in [-0.39, 0.29) is 56.1 Å². The Morgan fingerprint density at radius 3 is 1.86 bits per heavy atom. The van der Waals surface area contributed by atoms with Gasteiger partial charge in [0.2, 0.25) is 47.3 Å². The first-order valence-corrected chi connectivity index (χ1v) is 21.3. The van der Waals surface area contributed by atoms with Crippen molar-refractivity contribution in [3.63, 3.8) is 0 Å². The summed E-state index contributed by atoms with van der Waals surface area (Å²) in [7, 11) is 0. The Morgan fingerprint density at radius 2 is 1.26 bits per heavy atom. The number of nitrogens with zero attached hydrogens (tertiary/aromatic N) is 1. The third-order valence-electron chi connectivity index (χ3n) is 10.7. The van der Waals surface area contributed by atoms with Gasteiger partial charge in [-0.25, -0.2) is 0 Å². The second-order valence-electron chi connectivity index (χ2n) is 15.8. The second kappa shape index (κ2) is 25.3. The van der Waals surface area contributed by atoms with Crippen molar-refractivity contribution in [2.45, 2.75) is 94.5 Å². The molecule has 65 heavy (non-hydrogen) atoms. The number of aliphatic hydroxyl groups excluding tert-OH is 1. The lowest BCUT2D eigenvalue weighted by Gasteiger charge is -2.29. The Kier molecular flexibility index (Phi) is 19.7. The van der Waals surface area contributed by atoms with Crippen LogP contribution in [0.2, 0.25) is 0 Å². The van der Waals surface area contributed by atoms with Crippen LogP contribution in [0.1, 0.15) is 55.7 Å². The number of aromatic hydroxyl groups is 2. The number of carbonyl (C=O) groups is 8. The molecule has 4 rings (SSSR count). The zero-order chi connectivity index (χ0) is 47.5. The maximum atomic E-state index is 14.1. The van der Waals surface area contributed by atoms with Gasteiger partial charge in [0.1, 0.15) is 41.7 Å². The van der Waals surface area contributed by atoms with Gasteiger partial charge in [-0.3, -0.25) is 38.4 Å². The van der Waals surface area contributed by atoms with E-state index in [1.165, 1.54) is 36.1 Å². The molecule has 1 aliphatic heterocycles. The fraction of sp³-hybridized carbons (Fsp3) is 0.422. The molecule has 8 amide bonds. The quantitative estimate of drug-likeness (QED) is 0.0448. The Labute approximate surface area is 376 Å². The zero-order valence-corrected chi connectivity index (χ0v) is 36.2. The van der Waals surface area contributed by atoms with E-state index in [0.29, 0.717) is 42.5 Å². The molecule has 0 aliphatic carbocycles. The van der Waals surface area contributed by atoms with Crippen LogP contribution in [0.4, 0.5) is 0 Å². The first kappa shape index (κ1) is 50.6. The highest BCUT2D eigenvalue weighted by Crippen LogP contribution is 2.21. The predicted molar refractivity (Wildman–Crippen MR) is 236 cm³/mol. The van der Waals surface area contributed by atoms with Crippen LogP contribution in [0.3, 0.4) is 0 Å². The summed E-state index contributed by atoms with van der Waals surface area (Å²) >= 11 is 0. The Bertz CT molecular complexity index is 2110. The van der Waals surface area contributed by atoms with Gasteiger partial charge in [-0.15, -0.1) is 0 Å². The highest BCUT2D eigenvalue weighted by molar-refractivity contribution is 5.96. The number of likely N-dealkylation sites (tertiary alicyclic amines) is 1. The molecule has 13 N–H and O–H groups in total. The SMILES string of the molecule is CC(=O)NCCCC[C@@H](NC(=O)[C@@H](N)Cc1ccc(O)cc1)C(=O)N[C@@H](Cc1ccccc1)C(=O)NCC(=O)N[C@@H](Cc1ccc(O)cc1)C(=O)N1CCC[C@H]1C(=O)N[C@@H](CO)C(N)=O. The van der Waals surface area contributed by atoms with Crippen LogP contribution in [0, 0.1) is 0 Å². The van der Waals surface area contributed by atoms with Crippen molar-refractivity contribution in [2.75, 3.05) is 26.2 Å². The minimum Gasteiger partial charge on any atom is -0.508 e. The molecule has 0 bridgehead atoms. The van der Waals surface area contributed by atoms with E-state index in [2.05, 4.69) is 31.9 Å². The van der Waals surface area contributed by atoms with E-state index in [4.69, 9.17) is 11.5 Å². The van der Waals surface area contributed by atoms with Gasteiger partial charge in [-0.2, -0.15) is 0 Å². The van der Waals surface area contributed by atoms with Crippen molar-refractivity contribution >= 4 is 47.3 Å². The smallest absolute Gasteiger partial charge is 0.246 e. The summed E-state index contributed by atoms with van der Waals surface area (Å²) in [6, 6.07) is 13.6. The van der Waals surface area contributed by atoms with Gasteiger partial charge in [0.05, 0.1) is 19.2 Å². The topological polar surface area (TPSA) is 325 Å². The van der Waals surface area contributed by atoms with Crippen molar-refractivity contribution in [1.29, 1.82) is 0 Å². The minimum atomic E-state index is -1.38. The van der Waals surface area contributed by atoms with Gasteiger partial charge in [0, 0.05) is 32.9 Å². The Hall–Kier alpha value is -7.06. The number of hydrogen-bond acceptors (Lipinski definition) is 12. The lowest BCUT2D eigenvalue weighted by Crippen LogP contribution is -2.58. The summed E-state index contributed by atoms with van der Waals surface area (Å²) in [6.45, 7) is 0.448. The van der Waals surface area contributed by atoms with Gasteiger partial charge < -0.3 is 63.6 Å². The molecule has 6 atom stereocenters. The van der Waals surface area contributed by atoms with Crippen molar-refractivity contribution in [1.82, 2.24) is 36.8 Å². The zero-order valence-electron chi connectivity index (χ0n) is 36.2. The molecule has 3 aromatic rings. The highest BCUT2D eigenvalue weighted by Gasteiger charge is 2.39. The molecule has 3 aromatic carbocycles. The molecule has 350 valence electrons. The maximum absolute atomic E-state index is 14.1. The maximum Gasteiger partial charge on any atom is 0.246 e. The molecule has 20 nitrogen and oxygen atoms in total. The Balaban J connectivity index is 1.49. The van der Waals surface area contributed by atoms with Crippen LogP contribution in [0.5, 0.6) is 11.5 Å². The summed E-state index contributed by atoms with van der Waals surface area (Å²) in [5.41, 5.74) is 13.4. The molecule has 20 heteroatoms. The molecular weight excluding hydrogens is 843 g/mol. The number of phenolic OH excluding ortho intramolecular Hbond substituents is 2. The molecule has 0 aromatic heterocycles. The predicted octanol–water partition coefficient (Wildman–Crippen LogP) is -1.72. The van der Waals surface area contributed by atoms with Gasteiger partial charge in [0.15, 0.2) is 0 Å². The average Bonchev–Trinajstić information content (AvgIpc) is 3.78. The number of amides is 8. The van der Waals surface area contributed by atoms with E-state index < -0.39 is 90.8 Å². The molecule has 0 saturated carbocycles. The van der Waals surface area contributed by atoms with Crippen LogP contribution in [0.15, 0.2) is 78.9 Å². The number of rotatable bonds is 24. The molecule has 1 aliphatic rings. The van der Waals surface area contributed by atoms with Crippen molar-refractivity contribution in [3.05, 3.63) is 95.6 Å². The number of primary amides is 1. The highest BCUT2D eigenvalue weighted by atomic mass is 16.3. The molecular formula is C45H59N9O11. The number of unbranched alkanes of at least 4 members (excludes halogenated alkanes) is 1. The van der Waals surface area contributed by atoms with E-state index in [1.54, 1.807) is 54.6 Å². The summed E-state index contributed by atoms with van der Waals surface area (Å²) < 4.78 is 0. The summed E-state index contributed by atoms with van der Waals surface area (Å²) in [5.74, 6) is -5.44. The first-order valence-electron chi connectivity index (χ1n) is 21.3. The first-order chi connectivity index (χ1) is 31.0. The Morgan fingerprint density at radius 1 is 0.677 bits per heavy atom. The van der Waals surface area contributed by atoms with Gasteiger partial charge in [0.25, 0.3) is 0 Å². The van der Waals surface area contributed by atoms with Gasteiger partial charge >= 0.3 is 0 Å². The van der Waals surface area contributed by atoms with Crippen LogP contribution < -0.4 is 43.4 Å². The van der Waals surface area contributed by atoms with Gasteiger partial charge in [-0.05, 0) is 79.5 Å². The third-order valence-corrected chi connectivity index (χ3v) is 10.7. The molecule has 0 unspecified atom stereocenters. The lowest BCUT2D eigenvalue weighted by molar-refractivity contribution is -0.142. The molecule has 1 fully saturated rings. The van der Waals surface area contributed by atoms with Crippen molar-refractivity contribution < 1.29 is 53.7 Å². The van der Waals surface area contributed by atoms with Crippen LogP contribution in [0.25, 0.3) is 0 Å². The molecule has 1 heterocycles. The number of phenols is 2. The monoisotopic (exact) mass is 901 g/mol. The summed E-state index contributed by atoms with van der Waals surface area (Å²) in [4.78, 5) is 106. The summed E-state index contributed by atoms with van der Waals surface area (Å²) in [5, 5.41) is 44.6. The van der Waals surface area contributed by atoms with E-state index in [0.717, 1.165) is 0 Å². The van der Waals surface area contributed by atoms with Crippen LogP contribution in [-0.2, 0) is 57.6 Å². The van der Waals surface area contributed by atoms with E-state index in [1.807, 2.05) is 0 Å². The number of nitrogens with one attached hydrogen (secondary N) is 6. The number of carbonyl (C=O) groups excluding carboxylic acids is 8. The number of benzene rings is 3. The minimum absolute atomic E-state index is 0.0170. The molecule has 1 saturated heterocycles. The van der Waals surface area contributed by atoms with E-state index in [9.17, 15) is 53.7 Å². The fourth-order valence-electron chi connectivity index (χ4n) is 7.18. The second-order valence-corrected chi connectivity index (χ2v) is 15.8. The van der Waals surface area contributed by atoms with Crippen LogP contribution in [-0.4, -0.2) is 130 Å². The molecule has 0 spiro atoms. The van der Waals surface area contributed by atoms with E-state index >= 15 is 0 Å².